The monoisotopic (exact) mass is 194 g/mol. The van der Waals surface area contributed by atoms with Crippen LogP contribution in [0.15, 0.2) is 12.3 Å². The van der Waals surface area contributed by atoms with Crippen LogP contribution in [0.25, 0.3) is 0 Å². The molecule has 78 valence electrons. The normalized spacial score (nSPS) is 18.4. The van der Waals surface area contributed by atoms with Gasteiger partial charge < -0.3 is 4.74 Å². The largest absolute Gasteiger partial charge is 0.480 e. The second-order valence-corrected chi connectivity index (χ2v) is 4.08. The highest BCUT2D eigenvalue weighted by Gasteiger charge is 2.14. The van der Waals surface area contributed by atoms with Gasteiger partial charge in [-0.2, -0.15) is 0 Å². The molecule has 0 atom stereocenters. The third-order valence-corrected chi connectivity index (χ3v) is 3.00. The molecule has 0 spiro atoms. The zero-order valence-corrected chi connectivity index (χ0v) is 8.78. The van der Waals surface area contributed by atoms with Crippen LogP contribution in [-0.2, 0) is 6.54 Å². The Morgan fingerprint density at radius 3 is 2.86 bits per heavy atom. The summed E-state index contributed by atoms with van der Waals surface area (Å²) in [7, 11) is 1.66. The molecular weight excluding hydrogens is 176 g/mol. The molecule has 0 amide bonds. The maximum Gasteiger partial charge on any atom is 0.232 e. The summed E-state index contributed by atoms with van der Waals surface area (Å²) in [4.78, 5) is 0. The fourth-order valence-electron chi connectivity index (χ4n) is 2.19. The van der Waals surface area contributed by atoms with E-state index in [1.807, 2.05) is 16.9 Å². The van der Waals surface area contributed by atoms with Crippen molar-refractivity contribution in [3.63, 3.8) is 0 Å². The van der Waals surface area contributed by atoms with Gasteiger partial charge in [-0.1, -0.05) is 19.3 Å². The number of hydrogen-bond donors (Lipinski definition) is 0. The van der Waals surface area contributed by atoms with Crippen molar-refractivity contribution < 1.29 is 4.74 Å². The molecule has 3 nitrogen and oxygen atoms in total. The lowest BCUT2D eigenvalue weighted by Gasteiger charge is -2.21. The Labute approximate surface area is 85.1 Å². The molecule has 0 aromatic carbocycles. The van der Waals surface area contributed by atoms with Crippen LogP contribution >= 0.6 is 0 Å². The van der Waals surface area contributed by atoms with Crippen molar-refractivity contribution in [2.24, 2.45) is 5.92 Å². The summed E-state index contributed by atoms with van der Waals surface area (Å²) < 4.78 is 7.06. The summed E-state index contributed by atoms with van der Waals surface area (Å²) in [6.45, 7) is 1.06. The number of rotatable bonds is 3. The molecule has 0 bridgehead atoms. The minimum atomic E-state index is 0.723. The molecule has 0 unspecified atom stereocenters. The predicted octanol–water partition coefficient (Wildman–Crippen LogP) is 2.47. The molecule has 0 N–H and O–H groups in total. The van der Waals surface area contributed by atoms with E-state index in [4.69, 9.17) is 4.74 Å². The van der Waals surface area contributed by atoms with Crippen molar-refractivity contribution in [2.75, 3.05) is 7.11 Å². The molecule has 14 heavy (non-hydrogen) atoms. The molecule has 1 fully saturated rings. The van der Waals surface area contributed by atoms with E-state index in [9.17, 15) is 0 Å². The molecule has 0 aliphatic heterocycles. The van der Waals surface area contributed by atoms with Gasteiger partial charge in [0.05, 0.1) is 7.11 Å². The van der Waals surface area contributed by atoms with Gasteiger partial charge in [0.25, 0.3) is 0 Å². The van der Waals surface area contributed by atoms with Crippen LogP contribution < -0.4 is 4.74 Å². The van der Waals surface area contributed by atoms with Gasteiger partial charge in [-0.05, 0) is 18.8 Å². The van der Waals surface area contributed by atoms with Crippen molar-refractivity contribution in [1.82, 2.24) is 9.78 Å². The Kier molecular flexibility index (Phi) is 3.07. The smallest absolute Gasteiger partial charge is 0.232 e. The highest BCUT2D eigenvalue weighted by Crippen LogP contribution is 2.25. The van der Waals surface area contributed by atoms with Gasteiger partial charge in [-0.15, -0.1) is 5.10 Å². The fraction of sp³-hybridized carbons (Fsp3) is 0.727. The SMILES string of the molecule is COc1ccn(CC2CCCCC2)n1. The van der Waals surface area contributed by atoms with E-state index in [2.05, 4.69) is 5.10 Å². The van der Waals surface area contributed by atoms with Crippen molar-refractivity contribution in [2.45, 2.75) is 38.6 Å². The Morgan fingerprint density at radius 1 is 1.43 bits per heavy atom. The van der Waals surface area contributed by atoms with Gasteiger partial charge in [0.1, 0.15) is 0 Å². The van der Waals surface area contributed by atoms with Crippen LogP contribution in [0.2, 0.25) is 0 Å². The average molecular weight is 194 g/mol. The van der Waals surface area contributed by atoms with Gasteiger partial charge in [0, 0.05) is 18.8 Å². The Bertz CT molecular complexity index is 277. The summed E-state index contributed by atoms with van der Waals surface area (Å²) >= 11 is 0. The highest BCUT2D eigenvalue weighted by molar-refractivity contribution is 5.05. The number of hydrogen-bond acceptors (Lipinski definition) is 2. The van der Waals surface area contributed by atoms with Crippen molar-refractivity contribution >= 4 is 0 Å². The van der Waals surface area contributed by atoms with Crippen molar-refractivity contribution in [3.05, 3.63) is 12.3 Å². The second-order valence-electron chi connectivity index (χ2n) is 4.08. The lowest BCUT2D eigenvalue weighted by atomic mass is 9.89. The van der Waals surface area contributed by atoms with Crippen LogP contribution in [0.1, 0.15) is 32.1 Å². The topological polar surface area (TPSA) is 27.1 Å². The summed E-state index contributed by atoms with van der Waals surface area (Å²) in [6, 6.07) is 1.92. The minimum absolute atomic E-state index is 0.723. The second kappa shape index (κ2) is 4.49. The maximum absolute atomic E-state index is 5.05. The zero-order chi connectivity index (χ0) is 9.80. The van der Waals surface area contributed by atoms with Crippen LogP contribution in [-0.4, -0.2) is 16.9 Å². The first kappa shape index (κ1) is 9.56. The minimum Gasteiger partial charge on any atom is -0.480 e. The summed E-state index contributed by atoms with van der Waals surface area (Å²) in [5.41, 5.74) is 0. The molecular formula is C11H18N2O. The van der Waals surface area contributed by atoms with Crippen LogP contribution in [0.5, 0.6) is 5.88 Å². The molecule has 1 aliphatic carbocycles. The number of aromatic nitrogens is 2. The van der Waals surface area contributed by atoms with E-state index in [0.717, 1.165) is 18.3 Å². The summed E-state index contributed by atoms with van der Waals surface area (Å²) in [5.74, 6) is 1.55. The standard InChI is InChI=1S/C11H18N2O/c1-14-11-7-8-13(12-11)9-10-5-3-2-4-6-10/h7-8,10H,2-6,9H2,1H3. The van der Waals surface area contributed by atoms with E-state index >= 15 is 0 Å². The first-order chi connectivity index (χ1) is 6.88. The van der Waals surface area contributed by atoms with E-state index in [-0.39, 0.29) is 0 Å². The number of ether oxygens (including phenoxy) is 1. The highest BCUT2D eigenvalue weighted by atomic mass is 16.5. The van der Waals surface area contributed by atoms with Gasteiger partial charge in [-0.3, -0.25) is 4.68 Å². The number of methoxy groups -OCH3 is 1. The third kappa shape index (κ3) is 2.28. The molecule has 1 heterocycles. The van der Waals surface area contributed by atoms with E-state index in [1.54, 1.807) is 7.11 Å². The van der Waals surface area contributed by atoms with E-state index in [0.29, 0.717) is 0 Å². The summed E-state index contributed by atoms with van der Waals surface area (Å²) in [6.07, 6.45) is 8.93. The van der Waals surface area contributed by atoms with Crippen LogP contribution in [0.4, 0.5) is 0 Å². The molecule has 0 radical (unpaired) electrons. The molecule has 0 saturated heterocycles. The summed E-state index contributed by atoms with van der Waals surface area (Å²) in [5, 5.41) is 4.32. The van der Waals surface area contributed by atoms with E-state index < -0.39 is 0 Å². The lowest BCUT2D eigenvalue weighted by molar-refractivity contribution is 0.302. The molecule has 1 aromatic heterocycles. The fourth-order valence-corrected chi connectivity index (χ4v) is 2.19. The quantitative estimate of drug-likeness (QED) is 0.739. The third-order valence-electron chi connectivity index (χ3n) is 3.00. The average Bonchev–Trinajstić information content (AvgIpc) is 2.67. The molecule has 3 heteroatoms. The molecule has 1 aliphatic rings. The van der Waals surface area contributed by atoms with Crippen molar-refractivity contribution in [3.8, 4) is 5.88 Å². The van der Waals surface area contributed by atoms with Gasteiger partial charge in [-0.25, -0.2) is 0 Å². The van der Waals surface area contributed by atoms with Crippen LogP contribution in [0.3, 0.4) is 0 Å². The van der Waals surface area contributed by atoms with Gasteiger partial charge in [0.15, 0.2) is 0 Å². The Morgan fingerprint density at radius 2 is 2.21 bits per heavy atom. The van der Waals surface area contributed by atoms with Crippen LogP contribution in [0, 0.1) is 5.92 Å². The van der Waals surface area contributed by atoms with Crippen molar-refractivity contribution in [1.29, 1.82) is 0 Å². The Hall–Kier alpha value is -0.990. The number of nitrogens with zero attached hydrogens (tertiary/aromatic N) is 2. The lowest BCUT2D eigenvalue weighted by Crippen LogP contribution is -2.14. The molecule has 1 saturated carbocycles. The van der Waals surface area contributed by atoms with Gasteiger partial charge in [0.2, 0.25) is 5.88 Å². The first-order valence-corrected chi connectivity index (χ1v) is 5.46. The first-order valence-electron chi connectivity index (χ1n) is 5.46. The van der Waals surface area contributed by atoms with E-state index in [1.165, 1.54) is 32.1 Å². The van der Waals surface area contributed by atoms with Gasteiger partial charge >= 0.3 is 0 Å². The maximum atomic E-state index is 5.05. The molecule has 1 aromatic rings. The Balaban J connectivity index is 1.89. The zero-order valence-electron chi connectivity index (χ0n) is 8.78. The predicted molar refractivity (Wildman–Crippen MR) is 55.4 cm³/mol. The molecule has 2 rings (SSSR count).